The largest absolute Gasteiger partial charge is 0.484 e. The van der Waals surface area contributed by atoms with Gasteiger partial charge in [0.1, 0.15) is 5.75 Å². The number of amides is 2. The smallest absolute Gasteiger partial charge is 0.309 e. The molecule has 1 aliphatic rings. The highest BCUT2D eigenvalue weighted by atomic mass is 16.5. The van der Waals surface area contributed by atoms with Crippen LogP contribution in [0.4, 0.5) is 0 Å². The zero-order valence-corrected chi connectivity index (χ0v) is 18.4. The molecule has 32 heavy (non-hydrogen) atoms. The molecule has 7 heteroatoms. The zero-order chi connectivity index (χ0) is 22.8. The van der Waals surface area contributed by atoms with Gasteiger partial charge in [0.2, 0.25) is 5.91 Å². The highest BCUT2D eigenvalue weighted by Gasteiger charge is 2.23. The summed E-state index contributed by atoms with van der Waals surface area (Å²) in [7, 11) is 1.39. The second kappa shape index (κ2) is 11.9. The monoisotopic (exact) mass is 438 g/mol. The second-order valence-corrected chi connectivity index (χ2v) is 7.85. The van der Waals surface area contributed by atoms with Crippen LogP contribution in [-0.2, 0) is 25.5 Å². The van der Waals surface area contributed by atoms with Crippen molar-refractivity contribution in [3.63, 3.8) is 0 Å². The van der Waals surface area contributed by atoms with Gasteiger partial charge in [0.05, 0.1) is 13.5 Å². The quantitative estimate of drug-likeness (QED) is 0.609. The average Bonchev–Trinajstić information content (AvgIpc) is 2.84. The van der Waals surface area contributed by atoms with E-state index in [0.717, 1.165) is 18.4 Å². The molecule has 1 N–H and O–H groups in total. The first kappa shape index (κ1) is 23.3. The lowest BCUT2D eigenvalue weighted by Gasteiger charge is -2.32. The molecule has 0 aliphatic carbocycles. The summed E-state index contributed by atoms with van der Waals surface area (Å²) in [6.45, 7) is 1.65. The Morgan fingerprint density at radius 3 is 2.34 bits per heavy atom. The lowest BCUT2D eigenvalue weighted by Crippen LogP contribution is -2.40. The summed E-state index contributed by atoms with van der Waals surface area (Å²) in [5.41, 5.74) is 2.17. The Morgan fingerprint density at radius 2 is 1.69 bits per heavy atom. The van der Waals surface area contributed by atoms with E-state index in [1.807, 2.05) is 35.2 Å². The van der Waals surface area contributed by atoms with Crippen molar-refractivity contribution in [2.75, 3.05) is 33.4 Å². The standard InChI is InChI=1S/C25H30N2O5/c1-31-25(30)17-19-7-9-20(10-8-19)21-12-15-27(16-13-21)24(29)11-14-26-23(28)18-32-22-5-3-2-4-6-22/h2-10,21H,11-18H2,1H3,(H,26,28). The Bertz CT molecular complexity index is 890. The lowest BCUT2D eigenvalue weighted by atomic mass is 9.88. The van der Waals surface area contributed by atoms with E-state index in [1.54, 1.807) is 12.1 Å². The summed E-state index contributed by atoms with van der Waals surface area (Å²) in [6, 6.07) is 17.2. The van der Waals surface area contributed by atoms with Gasteiger partial charge in [0.15, 0.2) is 6.61 Å². The number of nitrogens with one attached hydrogen (secondary N) is 1. The Kier molecular flexibility index (Phi) is 8.66. The predicted molar refractivity (Wildman–Crippen MR) is 120 cm³/mol. The third-order valence-electron chi connectivity index (χ3n) is 5.65. The van der Waals surface area contributed by atoms with Gasteiger partial charge < -0.3 is 19.7 Å². The van der Waals surface area contributed by atoms with Crippen molar-refractivity contribution in [2.45, 2.75) is 31.6 Å². The van der Waals surface area contributed by atoms with Crippen LogP contribution in [0.25, 0.3) is 0 Å². The van der Waals surface area contributed by atoms with Gasteiger partial charge >= 0.3 is 5.97 Å². The Morgan fingerprint density at radius 1 is 1.00 bits per heavy atom. The van der Waals surface area contributed by atoms with Crippen LogP contribution in [0.5, 0.6) is 5.75 Å². The van der Waals surface area contributed by atoms with Crippen molar-refractivity contribution in [3.8, 4) is 5.75 Å². The molecule has 1 saturated heterocycles. The number of likely N-dealkylation sites (tertiary alicyclic amines) is 1. The number of benzene rings is 2. The molecule has 0 radical (unpaired) electrons. The number of esters is 1. The summed E-state index contributed by atoms with van der Waals surface area (Å²) in [5.74, 6) is 0.613. The minimum Gasteiger partial charge on any atom is -0.484 e. The van der Waals surface area contributed by atoms with Crippen LogP contribution in [-0.4, -0.2) is 56.0 Å². The summed E-state index contributed by atoms with van der Waals surface area (Å²) in [4.78, 5) is 37.6. The molecular weight excluding hydrogens is 408 g/mol. The first-order valence-electron chi connectivity index (χ1n) is 10.9. The number of para-hydroxylation sites is 1. The summed E-state index contributed by atoms with van der Waals surface area (Å²) in [5, 5.41) is 2.74. The molecule has 170 valence electrons. The Hall–Kier alpha value is -3.35. The molecule has 0 spiro atoms. The van der Waals surface area contributed by atoms with E-state index in [0.29, 0.717) is 31.3 Å². The summed E-state index contributed by atoms with van der Waals surface area (Å²) < 4.78 is 10.1. The average molecular weight is 439 g/mol. The third kappa shape index (κ3) is 7.11. The van der Waals surface area contributed by atoms with E-state index in [1.165, 1.54) is 12.7 Å². The SMILES string of the molecule is COC(=O)Cc1ccc(C2CCN(C(=O)CCNC(=O)COc3ccccc3)CC2)cc1. The molecule has 2 amide bonds. The van der Waals surface area contributed by atoms with Crippen molar-refractivity contribution < 1.29 is 23.9 Å². The van der Waals surface area contributed by atoms with E-state index < -0.39 is 0 Å². The van der Waals surface area contributed by atoms with Gasteiger partial charge in [-0.2, -0.15) is 0 Å². The first-order chi connectivity index (χ1) is 15.5. The Labute approximate surface area is 188 Å². The maximum absolute atomic E-state index is 12.5. The zero-order valence-electron chi connectivity index (χ0n) is 18.4. The molecule has 1 fully saturated rings. The fourth-order valence-electron chi connectivity index (χ4n) is 3.79. The molecule has 2 aromatic carbocycles. The van der Waals surface area contributed by atoms with Gasteiger partial charge in [-0.15, -0.1) is 0 Å². The number of carbonyl (C=O) groups excluding carboxylic acids is 3. The molecule has 0 atom stereocenters. The van der Waals surface area contributed by atoms with Crippen LogP contribution < -0.4 is 10.1 Å². The number of methoxy groups -OCH3 is 1. The molecule has 0 saturated carbocycles. The number of rotatable bonds is 9. The van der Waals surface area contributed by atoms with Gasteiger partial charge in [-0.1, -0.05) is 42.5 Å². The van der Waals surface area contributed by atoms with E-state index in [4.69, 9.17) is 9.47 Å². The van der Waals surface area contributed by atoms with Gasteiger partial charge in [-0.3, -0.25) is 14.4 Å². The third-order valence-corrected chi connectivity index (χ3v) is 5.65. The molecule has 7 nitrogen and oxygen atoms in total. The number of hydrogen-bond acceptors (Lipinski definition) is 5. The number of hydrogen-bond donors (Lipinski definition) is 1. The van der Waals surface area contributed by atoms with Crippen LogP contribution in [0.3, 0.4) is 0 Å². The van der Waals surface area contributed by atoms with Crippen LogP contribution in [0, 0.1) is 0 Å². The van der Waals surface area contributed by atoms with Crippen molar-refractivity contribution in [3.05, 3.63) is 65.7 Å². The molecule has 0 unspecified atom stereocenters. The van der Waals surface area contributed by atoms with Gasteiger partial charge in [0, 0.05) is 26.1 Å². The highest BCUT2D eigenvalue weighted by Crippen LogP contribution is 2.28. The van der Waals surface area contributed by atoms with Crippen LogP contribution in [0.15, 0.2) is 54.6 Å². The maximum atomic E-state index is 12.5. The second-order valence-electron chi connectivity index (χ2n) is 7.85. The summed E-state index contributed by atoms with van der Waals surface area (Å²) in [6.07, 6.45) is 2.36. The number of ether oxygens (including phenoxy) is 2. The fourth-order valence-corrected chi connectivity index (χ4v) is 3.79. The molecule has 2 aromatic rings. The number of carbonyl (C=O) groups is 3. The first-order valence-corrected chi connectivity index (χ1v) is 10.9. The Balaban J connectivity index is 1.34. The van der Waals surface area contributed by atoms with E-state index in [-0.39, 0.29) is 37.2 Å². The van der Waals surface area contributed by atoms with Gasteiger partial charge in [-0.05, 0) is 42.0 Å². The normalized spacial score (nSPS) is 14.0. The lowest BCUT2D eigenvalue weighted by molar-refractivity contribution is -0.139. The van der Waals surface area contributed by atoms with Gasteiger partial charge in [0.25, 0.3) is 5.91 Å². The van der Waals surface area contributed by atoms with E-state index in [9.17, 15) is 14.4 Å². The molecular formula is C25H30N2O5. The molecule has 0 aromatic heterocycles. The van der Waals surface area contributed by atoms with E-state index >= 15 is 0 Å². The van der Waals surface area contributed by atoms with Crippen molar-refractivity contribution in [1.82, 2.24) is 10.2 Å². The topological polar surface area (TPSA) is 84.9 Å². The van der Waals surface area contributed by atoms with Crippen molar-refractivity contribution >= 4 is 17.8 Å². The molecule has 1 heterocycles. The van der Waals surface area contributed by atoms with Crippen molar-refractivity contribution in [1.29, 1.82) is 0 Å². The minimum absolute atomic E-state index is 0.0566. The predicted octanol–water partition coefficient (Wildman–Crippen LogP) is 2.69. The van der Waals surface area contributed by atoms with E-state index in [2.05, 4.69) is 17.4 Å². The van der Waals surface area contributed by atoms with Crippen LogP contribution >= 0.6 is 0 Å². The number of piperidine rings is 1. The number of nitrogens with zero attached hydrogens (tertiary/aromatic N) is 1. The maximum Gasteiger partial charge on any atom is 0.309 e. The van der Waals surface area contributed by atoms with Crippen molar-refractivity contribution in [2.24, 2.45) is 0 Å². The van der Waals surface area contributed by atoms with Gasteiger partial charge in [-0.25, -0.2) is 0 Å². The minimum atomic E-state index is -0.246. The van der Waals surface area contributed by atoms with Crippen LogP contribution in [0.2, 0.25) is 0 Å². The molecule has 0 bridgehead atoms. The highest BCUT2D eigenvalue weighted by molar-refractivity contribution is 5.80. The summed E-state index contributed by atoms with van der Waals surface area (Å²) >= 11 is 0. The molecule has 3 rings (SSSR count). The molecule has 1 aliphatic heterocycles. The fraction of sp³-hybridized carbons (Fsp3) is 0.400. The van der Waals surface area contributed by atoms with Crippen LogP contribution in [0.1, 0.15) is 36.3 Å².